The summed E-state index contributed by atoms with van der Waals surface area (Å²) >= 11 is 0. The highest BCUT2D eigenvalue weighted by Gasteiger charge is 1.98. The number of anilines is 1. The Morgan fingerprint density at radius 1 is 1.42 bits per heavy atom. The standard InChI is InChI=1S/C9H12N2O/c10-4-3-7-1-2-9(11)8(5-7)6-12/h1-2,5-6H,3-4,10-11H2. The summed E-state index contributed by atoms with van der Waals surface area (Å²) in [5.74, 6) is 0. The molecule has 0 fully saturated rings. The summed E-state index contributed by atoms with van der Waals surface area (Å²) in [6.07, 6.45) is 1.54. The summed E-state index contributed by atoms with van der Waals surface area (Å²) in [6, 6.07) is 5.39. The predicted molar refractivity (Wildman–Crippen MR) is 49.0 cm³/mol. The van der Waals surface area contributed by atoms with Gasteiger partial charge < -0.3 is 11.5 Å². The Morgan fingerprint density at radius 3 is 2.75 bits per heavy atom. The highest BCUT2D eigenvalue weighted by Crippen LogP contribution is 2.11. The number of rotatable bonds is 3. The van der Waals surface area contributed by atoms with Crippen LogP contribution in [0.25, 0.3) is 0 Å². The summed E-state index contributed by atoms with van der Waals surface area (Å²) in [4.78, 5) is 10.5. The number of hydrogen-bond acceptors (Lipinski definition) is 3. The highest BCUT2D eigenvalue weighted by molar-refractivity contribution is 5.83. The van der Waals surface area contributed by atoms with E-state index in [2.05, 4.69) is 0 Å². The van der Waals surface area contributed by atoms with Gasteiger partial charge in [-0.05, 0) is 30.7 Å². The van der Waals surface area contributed by atoms with Crippen molar-refractivity contribution in [2.75, 3.05) is 12.3 Å². The first-order valence-electron chi connectivity index (χ1n) is 3.81. The number of nitrogens with two attached hydrogens (primary N) is 2. The molecule has 0 aromatic heterocycles. The van der Waals surface area contributed by atoms with E-state index in [0.29, 0.717) is 17.8 Å². The molecule has 3 nitrogen and oxygen atoms in total. The molecule has 64 valence electrons. The van der Waals surface area contributed by atoms with Gasteiger partial charge in [-0.25, -0.2) is 0 Å². The van der Waals surface area contributed by atoms with Crippen LogP contribution < -0.4 is 11.5 Å². The maximum atomic E-state index is 10.5. The fourth-order valence-electron chi connectivity index (χ4n) is 1.05. The first-order chi connectivity index (χ1) is 5.77. The van der Waals surface area contributed by atoms with Crippen LogP contribution in [0.15, 0.2) is 18.2 Å². The monoisotopic (exact) mass is 164 g/mol. The summed E-state index contributed by atoms with van der Waals surface area (Å²) in [6.45, 7) is 0.586. The van der Waals surface area contributed by atoms with Gasteiger partial charge in [0, 0.05) is 11.3 Å². The van der Waals surface area contributed by atoms with Crippen LogP contribution in [0.4, 0.5) is 5.69 Å². The zero-order valence-electron chi connectivity index (χ0n) is 6.79. The molecule has 1 rings (SSSR count). The Bertz CT molecular complexity index is 284. The highest BCUT2D eigenvalue weighted by atomic mass is 16.1. The Labute approximate surface area is 71.4 Å². The van der Waals surface area contributed by atoms with Crippen molar-refractivity contribution < 1.29 is 4.79 Å². The van der Waals surface area contributed by atoms with Crippen molar-refractivity contribution in [1.29, 1.82) is 0 Å². The van der Waals surface area contributed by atoms with Crippen LogP contribution in [-0.4, -0.2) is 12.8 Å². The molecule has 0 aliphatic carbocycles. The molecule has 0 aliphatic rings. The van der Waals surface area contributed by atoms with Crippen molar-refractivity contribution in [3.05, 3.63) is 29.3 Å². The molecule has 0 radical (unpaired) electrons. The topological polar surface area (TPSA) is 69.1 Å². The fraction of sp³-hybridized carbons (Fsp3) is 0.222. The van der Waals surface area contributed by atoms with E-state index in [1.165, 1.54) is 0 Å². The molecular formula is C9H12N2O. The van der Waals surface area contributed by atoms with Gasteiger partial charge >= 0.3 is 0 Å². The number of nitrogen functional groups attached to an aromatic ring is 1. The van der Waals surface area contributed by atoms with Crippen LogP contribution in [0, 0.1) is 0 Å². The minimum atomic E-state index is 0.519. The van der Waals surface area contributed by atoms with E-state index in [4.69, 9.17) is 11.5 Å². The molecular weight excluding hydrogens is 152 g/mol. The van der Waals surface area contributed by atoms with E-state index in [-0.39, 0.29) is 0 Å². The lowest BCUT2D eigenvalue weighted by atomic mass is 10.1. The van der Waals surface area contributed by atoms with Gasteiger partial charge in [-0.1, -0.05) is 6.07 Å². The molecule has 12 heavy (non-hydrogen) atoms. The first-order valence-corrected chi connectivity index (χ1v) is 3.81. The van der Waals surface area contributed by atoms with Crippen molar-refractivity contribution in [3.63, 3.8) is 0 Å². The largest absolute Gasteiger partial charge is 0.398 e. The van der Waals surface area contributed by atoms with Gasteiger partial charge in [0.1, 0.15) is 0 Å². The number of carbonyl (C=O) groups is 1. The molecule has 1 aromatic rings. The average molecular weight is 164 g/mol. The summed E-state index contributed by atoms with van der Waals surface area (Å²) in [5, 5.41) is 0. The summed E-state index contributed by atoms with van der Waals surface area (Å²) in [5.41, 5.74) is 13.0. The maximum Gasteiger partial charge on any atom is 0.152 e. The molecule has 0 atom stereocenters. The lowest BCUT2D eigenvalue weighted by Crippen LogP contribution is -2.03. The zero-order valence-corrected chi connectivity index (χ0v) is 6.79. The first kappa shape index (κ1) is 8.74. The number of hydrogen-bond donors (Lipinski definition) is 2. The van der Waals surface area contributed by atoms with Crippen molar-refractivity contribution >= 4 is 12.0 Å². The third kappa shape index (κ3) is 1.83. The SMILES string of the molecule is NCCc1ccc(N)c(C=O)c1. The lowest BCUT2D eigenvalue weighted by molar-refractivity contribution is 0.112. The smallest absolute Gasteiger partial charge is 0.152 e. The Morgan fingerprint density at radius 2 is 2.17 bits per heavy atom. The quantitative estimate of drug-likeness (QED) is 0.507. The van der Waals surface area contributed by atoms with Gasteiger partial charge in [0.05, 0.1) is 0 Å². The molecule has 0 aliphatic heterocycles. The molecule has 0 unspecified atom stereocenters. The Hall–Kier alpha value is -1.35. The van der Waals surface area contributed by atoms with Crippen LogP contribution in [0.2, 0.25) is 0 Å². The molecule has 0 saturated heterocycles. The van der Waals surface area contributed by atoms with Gasteiger partial charge in [0.15, 0.2) is 6.29 Å². The van der Waals surface area contributed by atoms with E-state index in [0.717, 1.165) is 18.3 Å². The third-order valence-corrected chi connectivity index (χ3v) is 1.71. The predicted octanol–water partition coefficient (Wildman–Crippen LogP) is 0.582. The molecule has 4 N–H and O–H groups in total. The van der Waals surface area contributed by atoms with Crippen molar-refractivity contribution in [2.24, 2.45) is 5.73 Å². The number of benzene rings is 1. The second-order valence-corrected chi connectivity index (χ2v) is 2.62. The van der Waals surface area contributed by atoms with E-state index in [1.807, 2.05) is 6.07 Å². The van der Waals surface area contributed by atoms with Crippen molar-refractivity contribution in [3.8, 4) is 0 Å². The van der Waals surface area contributed by atoms with Crippen LogP contribution >= 0.6 is 0 Å². The normalized spacial score (nSPS) is 9.75. The molecule has 0 spiro atoms. The third-order valence-electron chi connectivity index (χ3n) is 1.71. The van der Waals surface area contributed by atoms with Gasteiger partial charge in [0.2, 0.25) is 0 Å². The molecule has 0 heterocycles. The van der Waals surface area contributed by atoms with Gasteiger partial charge in [0.25, 0.3) is 0 Å². The molecule has 0 bridgehead atoms. The minimum absolute atomic E-state index is 0.519. The van der Waals surface area contributed by atoms with Crippen LogP contribution in [-0.2, 0) is 6.42 Å². The van der Waals surface area contributed by atoms with E-state index < -0.39 is 0 Å². The second-order valence-electron chi connectivity index (χ2n) is 2.62. The van der Waals surface area contributed by atoms with E-state index in [1.54, 1.807) is 12.1 Å². The summed E-state index contributed by atoms with van der Waals surface area (Å²) in [7, 11) is 0. The summed E-state index contributed by atoms with van der Waals surface area (Å²) < 4.78 is 0. The van der Waals surface area contributed by atoms with Crippen LogP contribution in [0.3, 0.4) is 0 Å². The lowest BCUT2D eigenvalue weighted by Gasteiger charge is -2.01. The maximum absolute atomic E-state index is 10.5. The van der Waals surface area contributed by atoms with E-state index in [9.17, 15) is 4.79 Å². The average Bonchev–Trinajstić information content (AvgIpc) is 2.09. The van der Waals surface area contributed by atoms with Crippen molar-refractivity contribution in [2.45, 2.75) is 6.42 Å². The van der Waals surface area contributed by atoms with Crippen LogP contribution in [0.5, 0.6) is 0 Å². The Balaban J connectivity index is 2.96. The van der Waals surface area contributed by atoms with Gasteiger partial charge in [-0.3, -0.25) is 4.79 Å². The minimum Gasteiger partial charge on any atom is -0.398 e. The van der Waals surface area contributed by atoms with E-state index >= 15 is 0 Å². The molecule has 0 saturated carbocycles. The zero-order chi connectivity index (χ0) is 8.97. The molecule has 3 heteroatoms. The van der Waals surface area contributed by atoms with Crippen LogP contribution in [0.1, 0.15) is 15.9 Å². The Kier molecular flexibility index (Phi) is 2.82. The molecule has 0 amide bonds. The second kappa shape index (κ2) is 3.88. The molecule has 1 aromatic carbocycles. The van der Waals surface area contributed by atoms with Gasteiger partial charge in [-0.15, -0.1) is 0 Å². The fourth-order valence-corrected chi connectivity index (χ4v) is 1.05. The van der Waals surface area contributed by atoms with Crippen molar-refractivity contribution in [1.82, 2.24) is 0 Å². The number of aldehydes is 1. The van der Waals surface area contributed by atoms with Gasteiger partial charge in [-0.2, -0.15) is 0 Å². The number of carbonyl (C=O) groups excluding carboxylic acids is 1.